The van der Waals surface area contributed by atoms with Crippen molar-refractivity contribution in [1.29, 1.82) is 0 Å². The van der Waals surface area contributed by atoms with E-state index in [0.29, 0.717) is 0 Å². The van der Waals surface area contributed by atoms with Crippen LogP contribution in [0, 0.1) is 0 Å². The van der Waals surface area contributed by atoms with Crippen LogP contribution in [-0.2, 0) is 11.2 Å². The lowest BCUT2D eigenvalue weighted by Crippen LogP contribution is -2.15. The summed E-state index contributed by atoms with van der Waals surface area (Å²) in [5.41, 5.74) is -1.87. The molecule has 6 heteroatoms. The Morgan fingerprint density at radius 3 is 2.71 bits per heavy atom. The Hall–Kier alpha value is -1.72. The first-order valence-corrected chi connectivity index (χ1v) is 3.72. The summed E-state index contributed by atoms with van der Waals surface area (Å²) in [7, 11) is 0. The molecule has 0 atom stereocenters. The van der Waals surface area contributed by atoms with Crippen LogP contribution in [0.15, 0.2) is 17.1 Å². The Bertz CT molecular complexity index is 400. The third kappa shape index (κ3) is 2.15. The Balaban J connectivity index is 3.21. The van der Waals surface area contributed by atoms with Gasteiger partial charge in [-0.3, -0.25) is 9.59 Å². The van der Waals surface area contributed by atoms with Crippen molar-refractivity contribution in [3.05, 3.63) is 33.7 Å². The van der Waals surface area contributed by atoms with Gasteiger partial charge in [-0.05, 0) is 0 Å². The largest absolute Gasteiger partial charge is 0.481 e. The van der Waals surface area contributed by atoms with E-state index in [0.717, 1.165) is 12.3 Å². The van der Waals surface area contributed by atoms with E-state index in [1.165, 1.54) is 0 Å². The average Bonchev–Trinajstić information content (AvgIpc) is 2.01. The zero-order valence-corrected chi connectivity index (χ0v) is 6.96. The second-order valence-corrected chi connectivity index (χ2v) is 2.61. The molecule has 0 spiro atoms. The topological polar surface area (TPSA) is 70.2 Å². The first-order chi connectivity index (χ1) is 6.52. The van der Waals surface area contributed by atoms with Crippen molar-refractivity contribution in [2.45, 2.75) is 12.8 Å². The van der Waals surface area contributed by atoms with Crippen LogP contribution >= 0.6 is 0 Å². The number of carbonyl (C=O) groups is 1. The molecular weight excluding hydrogens is 196 g/mol. The molecule has 0 unspecified atom stereocenters. The molecule has 1 aromatic rings. The fraction of sp³-hybridized carbons (Fsp3) is 0.250. The molecule has 0 bridgehead atoms. The number of rotatable bonds is 3. The van der Waals surface area contributed by atoms with Crippen LogP contribution in [0.25, 0.3) is 0 Å². The van der Waals surface area contributed by atoms with E-state index in [4.69, 9.17) is 5.11 Å². The van der Waals surface area contributed by atoms with Gasteiger partial charge in [0.15, 0.2) is 5.43 Å². The van der Waals surface area contributed by atoms with Crippen molar-refractivity contribution in [3.63, 3.8) is 0 Å². The number of carboxylic acid groups (broad SMARTS) is 1. The number of pyridine rings is 1. The Kier molecular flexibility index (Phi) is 2.95. The summed E-state index contributed by atoms with van der Waals surface area (Å²) < 4.78 is 24.7. The monoisotopic (exact) mass is 203 g/mol. The van der Waals surface area contributed by atoms with Gasteiger partial charge in [0.1, 0.15) is 0 Å². The lowest BCUT2D eigenvalue weighted by Gasteiger charge is -2.04. The van der Waals surface area contributed by atoms with Crippen LogP contribution in [0.4, 0.5) is 8.78 Å². The van der Waals surface area contributed by atoms with Gasteiger partial charge in [0, 0.05) is 18.0 Å². The number of hydrogen-bond acceptors (Lipinski definition) is 2. The molecule has 0 amide bonds. The first kappa shape index (κ1) is 10.4. The zero-order chi connectivity index (χ0) is 10.7. The molecule has 0 aliphatic heterocycles. The van der Waals surface area contributed by atoms with E-state index >= 15 is 0 Å². The highest BCUT2D eigenvalue weighted by Gasteiger charge is 2.18. The van der Waals surface area contributed by atoms with Gasteiger partial charge in [-0.25, -0.2) is 8.78 Å². The molecule has 0 aliphatic carbocycles. The van der Waals surface area contributed by atoms with Crippen LogP contribution in [-0.4, -0.2) is 16.1 Å². The van der Waals surface area contributed by atoms with Gasteiger partial charge in [0.05, 0.1) is 12.0 Å². The smallest absolute Gasteiger partial charge is 0.309 e. The molecular formula is C8H7F2NO3. The average molecular weight is 203 g/mol. The molecule has 76 valence electrons. The highest BCUT2D eigenvalue weighted by atomic mass is 19.3. The van der Waals surface area contributed by atoms with E-state index in [-0.39, 0.29) is 5.69 Å². The molecule has 14 heavy (non-hydrogen) atoms. The summed E-state index contributed by atoms with van der Waals surface area (Å²) in [4.78, 5) is 23.6. The van der Waals surface area contributed by atoms with E-state index in [1.54, 1.807) is 0 Å². The summed E-state index contributed by atoms with van der Waals surface area (Å²) in [6, 6.07) is 0.937. The standard InChI is InChI=1S/C8H7F2NO3/c9-8(10)7-4(3-6(13)14)11-2-1-5(7)12/h1-2,8H,3H2,(H,11,12)(H,13,14). The fourth-order valence-corrected chi connectivity index (χ4v) is 1.07. The van der Waals surface area contributed by atoms with Gasteiger partial charge in [-0.1, -0.05) is 0 Å². The van der Waals surface area contributed by atoms with Crippen LogP contribution in [0.1, 0.15) is 17.7 Å². The molecule has 0 aliphatic rings. The summed E-state index contributed by atoms with van der Waals surface area (Å²) in [5.74, 6) is -1.27. The molecule has 0 radical (unpaired) electrons. The van der Waals surface area contributed by atoms with Gasteiger partial charge in [-0.15, -0.1) is 0 Å². The molecule has 4 nitrogen and oxygen atoms in total. The van der Waals surface area contributed by atoms with Crippen LogP contribution < -0.4 is 5.43 Å². The van der Waals surface area contributed by atoms with Crippen molar-refractivity contribution in [1.82, 2.24) is 4.98 Å². The Labute approximate surface area is 77.2 Å². The minimum absolute atomic E-state index is 0.250. The summed E-state index contributed by atoms with van der Waals surface area (Å²) in [6.07, 6.45) is -2.43. The van der Waals surface area contributed by atoms with E-state index in [1.807, 2.05) is 0 Å². The first-order valence-electron chi connectivity index (χ1n) is 3.72. The molecule has 1 heterocycles. The zero-order valence-electron chi connectivity index (χ0n) is 6.96. The number of nitrogens with one attached hydrogen (secondary N) is 1. The maximum absolute atomic E-state index is 12.3. The predicted molar refractivity (Wildman–Crippen MR) is 43.4 cm³/mol. The summed E-state index contributed by atoms with van der Waals surface area (Å²) >= 11 is 0. The number of carboxylic acids is 1. The van der Waals surface area contributed by atoms with Crippen molar-refractivity contribution in [2.24, 2.45) is 0 Å². The highest BCUT2D eigenvalue weighted by molar-refractivity contribution is 5.70. The molecule has 1 aromatic heterocycles. The second kappa shape index (κ2) is 3.99. The number of aromatic nitrogens is 1. The van der Waals surface area contributed by atoms with Gasteiger partial charge < -0.3 is 10.1 Å². The van der Waals surface area contributed by atoms with Crippen molar-refractivity contribution >= 4 is 5.97 Å². The van der Waals surface area contributed by atoms with E-state index in [2.05, 4.69) is 4.98 Å². The van der Waals surface area contributed by atoms with Gasteiger partial charge in [-0.2, -0.15) is 0 Å². The second-order valence-electron chi connectivity index (χ2n) is 2.61. The number of H-pyrrole nitrogens is 1. The molecule has 0 aromatic carbocycles. The SMILES string of the molecule is O=C(O)Cc1[nH]ccc(=O)c1C(F)F. The van der Waals surface area contributed by atoms with Gasteiger partial charge in [0.25, 0.3) is 6.43 Å². The lowest BCUT2D eigenvalue weighted by molar-refractivity contribution is -0.136. The van der Waals surface area contributed by atoms with E-state index < -0.39 is 29.8 Å². The third-order valence-electron chi connectivity index (χ3n) is 1.63. The summed E-state index contributed by atoms with van der Waals surface area (Å²) in [5, 5.41) is 8.40. The number of aliphatic carboxylic acids is 1. The number of aromatic amines is 1. The van der Waals surface area contributed by atoms with Crippen LogP contribution in [0.3, 0.4) is 0 Å². The lowest BCUT2D eigenvalue weighted by atomic mass is 10.1. The van der Waals surface area contributed by atoms with Crippen molar-refractivity contribution < 1.29 is 18.7 Å². The normalized spacial score (nSPS) is 10.5. The maximum Gasteiger partial charge on any atom is 0.309 e. The van der Waals surface area contributed by atoms with Gasteiger partial charge >= 0.3 is 5.97 Å². The van der Waals surface area contributed by atoms with Crippen LogP contribution in [0.5, 0.6) is 0 Å². The fourth-order valence-electron chi connectivity index (χ4n) is 1.07. The minimum atomic E-state index is -2.96. The minimum Gasteiger partial charge on any atom is -0.481 e. The molecule has 0 fully saturated rings. The molecule has 1 rings (SSSR count). The molecule has 2 N–H and O–H groups in total. The van der Waals surface area contributed by atoms with Crippen molar-refractivity contribution in [2.75, 3.05) is 0 Å². The highest BCUT2D eigenvalue weighted by Crippen LogP contribution is 2.17. The Morgan fingerprint density at radius 1 is 1.57 bits per heavy atom. The Morgan fingerprint density at radius 2 is 2.21 bits per heavy atom. The van der Waals surface area contributed by atoms with E-state index in [9.17, 15) is 18.4 Å². The van der Waals surface area contributed by atoms with Gasteiger partial charge in [0.2, 0.25) is 0 Å². The van der Waals surface area contributed by atoms with Crippen molar-refractivity contribution in [3.8, 4) is 0 Å². The predicted octanol–water partition coefficient (Wildman–Crippen LogP) is 0.940. The number of halogens is 2. The molecule has 0 saturated carbocycles. The molecule has 0 saturated heterocycles. The maximum atomic E-state index is 12.3. The van der Waals surface area contributed by atoms with Crippen LogP contribution in [0.2, 0.25) is 0 Å². The summed E-state index contributed by atoms with van der Waals surface area (Å²) in [6.45, 7) is 0. The third-order valence-corrected chi connectivity index (χ3v) is 1.63. The quantitative estimate of drug-likeness (QED) is 0.767. The number of alkyl halides is 2. The number of hydrogen-bond donors (Lipinski definition) is 2.